The van der Waals surface area contributed by atoms with Crippen LogP contribution in [0.1, 0.15) is 46.6 Å². The van der Waals surface area contributed by atoms with Gasteiger partial charge in [-0.25, -0.2) is 17.8 Å². The Kier molecular flexibility index (Phi) is 7.35. The second-order valence-corrected chi connectivity index (χ2v) is 9.94. The van der Waals surface area contributed by atoms with E-state index in [1.54, 1.807) is 17.0 Å². The number of esters is 1. The van der Waals surface area contributed by atoms with Crippen LogP contribution in [-0.4, -0.2) is 67.5 Å². The Morgan fingerprint density at radius 1 is 1.22 bits per heavy atom. The number of aromatic nitrogens is 2. The molecule has 1 aliphatic heterocycles. The number of carbonyl (C=O) groups is 2. The summed E-state index contributed by atoms with van der Waals surface area (Å²) in [5.74, 6) is -0.380. The highest BCUT2D eigenvalue weighted by molar-refractivity contribution is 7.88. The van der Waals surface area contributed by atoms with Crippen LogP contribution in [0.25, 0.3) is 5.69 Å². The van der Waals surface area contributed by atoms with Gasteiger partial charge in [0.15, 0.2) is 0 Å². The third-order valence-electron chi connectivity index (χ3n) is 5.70. The molecule has 3 rings (SSSR count). The number of likely N-dealkylation sites (tertiary alicyclic amines) is 1. The summed E-state index contributed by atoms with van der Waals surface area (Å²) in [6, 6.07) is 6.94. The highest BCUT2D eigenvalue weighted by Gasteiger charge is 2.26. The molecule has 1 amide bonds. The first kappa shape index (κ1) is 23.9. The summed E-state index contributed by atoms with van der Waals surface area (Å²) in [6.07, 6.45) is 3.44. The molecule has 2 aromatic rings. The Bertz CT molecular complexity index is 1090. The van der Waals surface area contributed by atoms with Crippen molar-refractivity contribution in [2.24, 2.45) is 0 Å². The van der Waals surface area contributed by atoms with E-state index in [-0.39, 0.29) is 17.9 Å². The standard InChI is InChI=1S/C22H30N4O5S/c1-15-20(11-12-21(27)31-3)16(2)26(23-15)19-9-7-17(8-10-19)22(28)25-13-5-6-18(14-25)24-32(4,29)30/h7-10,18,24H,5-6,11-14H2,1-4H3. The van der Waals surface area contributed by atoms with Crippen LogP contribution in [0.5, 0.6) is 0 Å². The molecular weight excluding hydrogens is 432 g/mol. The molecule has 0 radical (unpaired) electrons. The van der Waals surface area contributed by atoms with Gasteiger partial charge in [0.05, 0.1) is 24.7 Å². The zero-order chi connectivity index (χ0) is 23.5. The van der Waals surface area contributed by atoms with E-state index >= 15 is 0 Å². The van der Waals surface area contributed by atoms with Crippen LogP contribution in [0, 0.1) is 13.8 Å². The Morgan fingerprint density at radius 2 is 1.91 bits per heavy atom. The lowest BCUT2D eigenvalue weighted by molar-refractivity contribution is -0.140. The van der Waals surface area contributed by atoms with Crippen LogP contribution in [0.2, 0.25) is 0 Å². The highest BCUT2D eigenvalue weighted by Crippen LogP contribution is 2.21. The first-order valence-corrected chi connectivity index (χ1v) is 12.5. The van der Waals surface area contributed by atoms with Crippen molar-refractivity contribution in [3.63, 3.8) is 0 Å². The molecule has 1 unspecified atom stereocenters. The maximum atomic E-state index is 12.9. The maximum Gasteiger partial charge on any atom is 0.305 e. The van der Waals surface area contributed by atoms with E-state index in [0.717, 1.165) is 35.3 Å². The highest BCUT2D eigenvalue weighted by atomic mass is 32.2. The van der Waals surface area contributed by atoms with Crippen molar-refractivity contribution in [1.29, 1.82) is 0 Å². The number of amides is 1. The van der Waals surface area contributed by atoms with Crippen molar-refractivity contribution in [1.82, 2.24) is 19.4 Å². The van der Waals surface area contributed by atoms with Crippen molar-refractivity contribution in [3.05, 3.63) is 46.8 Å². The number of rotatable bonds is 7. The number of hydrogen-bond donors (Lipinski definition) is 1. The topological polar surface area (TPSA) is 111 Å². The molecule has 32 heavy (non-hydrogen) atoms. The lowest BCUT2D eigenvalue weighted by Crippen LogP contribution is -2.49. The average Bonchev–Trinajstić information content (AvgIpc) is 3.04. The van der Waals surface area contributed by atoms with Crippen LogP contribution in [0.15, 0.2) is 24.3 Å². The Morgan fingerprint density at radius 3 is 2.53 bits per heavy atom. The number of nitrogens with zero attached hydrogens (tertiary/aromatic N) is 3. The number of aryl methyl sites for hydroxylation is 1. The largest absolute Gasteiger partial charge is 0.469 e. The van der Waals surface area contributed by atoms with E-state index < -0.39 is 10.0 Å². The van der Waals surface area contributed by atoms with E-state index in [9.17, 15) is 18.0 Å². The number of hydrogen-bond acceptors (Lipinski definition) is 6. The zero-order valence-electron chi connectivity index (χ0n) is 18.9. The third-order valence-corrected chi connectivity index (χ3v) is 6.46. The van der Waals surface area contributed by atoms with Crippen LogP contribution >= 0.6 is 0 Å². The van der Waals surface area contributed by atoms with Crippen LogP contribution in [0.3, 0.4) is 0 Å². The fourth-order valence-corrected chi connectivity index (χ4v) is 4.90. The molecule has 1 fully saturated rings. The number of nitrogens with one attached hydrogen (secondary N) is 1. The van der Waals surface area contributed by atoms with Crippen LogP contribution < -0.4 is 4.72 Å². The summed E-state index contributed by atoms with van der Waals surface area (Å²) in [6.45, 7) is 4.82. The van der Waals surface area contributed by atoms with Crippen molar-refractivity contribution < 1.29 is 22.7 Å². The molecule has 9 nitrogen and oxygen atoms in total. The van der Waals surface area contributed by atoms with Crippen molar-refractivity contribution >= 4 is 21.9 Å². The molecule has 1 aromatic heterocycles. The minimum atomic E-state index is -3.31. The number of ether oxygens (including phenoxy) is 1. The second-order valence-electron chi connectivity index (χ2n) is 8.16. The van der Waals surface area contributed by atoms with Crippen molar-refractivity contribution in [2.75, 3.05) is 26.5 Å². The van der Waals surface area contributed by atoms with Gasteiger partial charge in [0.25, 0.3) is 5.91 Å². The predicted molar refractivity (Wildman–Crippen MR) is 120 cm³/mol. The van der Waals surface area contributed by atoms with E-state index in [4.69, 9.17) is 4.74 Å². The molecule has 0 spiro atoms. The van der Waals surface area contributed by atoms with Gasteiger partial charge < -0.3 is 9.64 Å². The van der Waals surface area contributed by atoms with Gasteiger partial charge in [-0.3, -0.25) is 9.59 Å². The monoisotopic (exact) mass is 462 g/mol. The SMILES string of the molecule is COC(=O)CCc1c(C)nn(-c2ccc(C(=O)N3CCCC(NS(C)(=O)=O)C3)cc2)c1C. The molecule has 10 heteroatoms. The summed E-state index contributed by atoms with van der Waals surface area (Å²) >= 11 is 0. The summed E-state index contributed by atoms with van der Waals surface area (Å²) in [5.41, 5.74) is 4.16. The second kappa shape index (κ2) is 9.83. The van der Waals surface area contributed by atoms with Crippen molar-refractivity contribution in [2.45, 2.75) is 45.6 Å². The smallest absolute Gasteiger partial charge is 0.305 e. The zero-order valence-corrected chi connectivity index (χ0v) is 19.7. The normalized spacial score (nSPS) is 16.8. The molecule has 174 valence electrons. The fraction of sp³-hybridized carbons (Fsp3) is 0.500. The first-order chi connectivity index (χ1) is 15.1. The first-order valence-electron chi connectivity index (χ1n) is 10.6. The Hall–Kier alpha value is -2.72. The van der Waals surface area contributed by atoms with Gasteiger partial charge in [0.2, 0.25) is 10.0 Å². The van der Waals surface area contributed by atoms with Gasteiger partial charge in [0.1, 0.15) is 0 Å². The molecule has 0 bridgehead atoms. The van der Waals surface area contributed by atoms with E-state index in [1.165, 1.54) is 7.11 Å². The maximum absolute atomic E-state index is 12.9. The molecule has 2 heterocycles. The van der Waals surface area contributed by atoms with E-state index in [0.29, 0.717) is 37.9 Å². The van der Waals surface area contributed by atoms with E-state index in [2.05, 4.69) is 9.82 Å². The minimum absolute atomic E-state index is 0.122. The number of sulfonamides is 1. The van der Waals surface area contributed by atoms with Gasteiger partial charge in [-0.15, -0.1) is 0 Å². The van der Waals surface area contributed by atoms with Crippen LogP contribution in [-0.2, 0) is 26.0 Å². The molecule has 0 aliphatic carbocycles. The fourth-order valence-electron chi connectivity index (χ4n) is 4.11. The molecule has 1 saturated heterocycles. The molecule has 1 aromatic carbocycles. The van der Waals surface area contributed by atoms with Gasteiger partial charge in [-0.05, 0) is 62.9 Å². The number of benzene rings is 1. The summed E-state index contributed by atoms with van der Waals surface area (Å²) in [4.78, 5) is 26.1. The Labute approximate surface area is 188 Å². The third kappa shape index (κ3) is 5.74. The van der Waals surface area contributed by atoms with Gasteiger partial charge in [-0.2, -0.15) is 5.10 Å². The summed E-state index contributed by atoms with van der Waals surface area (Å²) in [7, 11) is -1.94. The van der Waals surface area contributed by atoms with Gasteiger partial charge in [-0.1, -0.05) is 0 Å². The predicted octanol–water partition coefficient (Wildman–Crippen LogP) is 1.75. The lowest BCUT2D eigenvalue weighted by atomic mass is 10.1. The number of piperidine rings is 1. The lowest BCUT2D eigenvalue weighted by Gasteiger charge is -2.32. The molecule has 1 N–H and O–H groups in total. The number of methoxy groups -OCH3 is 1. The molecular formula is C22H30N4O5S. The van der Waals surface area contributed by atoms with Gasteiger partial charge in [0, 0.05) is 36.8 Å². The van der Waals surface area contributed by atoms with E-state index in [1.807, 2.05) is 30.7 Å². The minimum Gasteiger partial charge on any atom is -0.469 e. The van der Waals surface area contributed by atoms with Gasteiger partial charge >= 0.3 is 5.97 Å². The Balaban J connectivity index is 1.72. The summed E-state index contributed by atoms with van der Waals surface area (Å²) in [5, 5.41) is 4.60. The van der Waals surface area contributed by atoms with Crippen molar-refractivity contribution in [3.8, 4) is 5.69 Å². The quantitative estimate of drug-likeness (QED) is 0.628. The van der Waals surface area contributed by atoms with Crippen LogP contribution in [0.4, 0.5) is 0 Å². The molecule has 1 atom stereocenters. The number of carbonyl (C=O) groups excluding carboxylic acids is 2. The summed E-state index contributed by atoms with van der Waals surface area (Å²) < 4.78 is 32.2. The molecule has 0 saturated carbocycles. The molecule has 1 aliphatic rings. The average molecular weight is 463 g/mol.